The molecule has 308 valence electrons. The number of ether oxygens (including phenoxy) is 8. The summed E-state index contributed by atoms with van der Waals surface area (Å²) in [5.41, 5.74) is -0.230. The number of aliphatic hydroxyl groups is 8. The van der Waals surface area contributed by atoms with E-state index < -0.39 is 122 Å². The standard InChI is InChI=1S/C36H44O20/c1-13-25(41)32(51-14(2)38)31(47)35(50-13)56-33-29(45)27(43)23(12-49-34-30(46)28(44)26(42)22(11-37)54-34)55-36(33)52-17-8-18(39)24-19(40)10-20(53-21(24)9-17)15-4-6-16(48-3)7-5-15/h4-10,13,22-23,25-37,39,41-47H,11-12H2,1-3H3/t13?,22?,23?,25-,26+,27+,28?,29?,30-,31?,32-,33-,34+,35-,36+/m0/s1. The molecule has 0 radical (unpaired) electrons. The van der Waals surface area contributed by atoms with Crippen molar-refractivity contribution in [3.05, 3.63) is 52.7 Å². The lowest BCUT2D eigenvalue weighted by molar-refractivity contribution is -0.360. The molecule has 6 unspecified atom stereocenters. The van der Waals surface area contributed by atoms with Crippen LogP contribution >= 0.6 is 0 Å². The molecule has 56 heavy (non-hydrogen) atoms. The Labute approximate surface area is 317 Å². The van der Waals surface area contributed by atoms with E-state index >= 15 is 0 Å². The van der Waals surface area contributed by atoms with E-state index in [1.807, 2.05) is 0 Å². The van der Waals surface area contributed by atoms with Gasteiger partial charge in [0.05, 0.1) is 26.4 Å². The first kappa shape index (κ1) is 41.6. The molecule has 3 saturated heterocycles. The van der Waals surface area contributed by atoms with Crippen molar-refractivity contribution in [2.45, 2.75) is 106 Å². The summed E-state index contributed by atoms with van der Waals surface area (Å²) in [6, 6.07) is 10.1. The Hall–Kier alpha value is -4.00. The Bertz CT molecular complexity index is 1870. The van der Waals surface area contributed by atoms with Crippen molar-refractivity contribution < 1.29 is 93.1 Å². The van der Waals surface area contributed by atoms with Gasteiger partial charge in [0.15, 0.2) is 30.2 Å². The topological polar surface area (TPSA) is 303 Å². The summed E-state index contributed by atoms with van der Waals surface area (Å²) in [5, 5.41) is 95.2. The summed E-state index contributed by atoms with van der Waals surface area (Å²) in [7, 11) is 1.49. The first-order chi connectivity index (χ1) is 26.6. The lowest BCUT2D eigenvalue weighted by Crippen LogP contribution is -2.65. The van der Waals surface area contributed by atoms with Crippen LogP contribution < -0.4 is 14.9 Å². The number of carbonyl (C=O) groups excluding carboxylic acids is 1. The van der Waals surface area contributed by atoms with Crippen molar-refractivity contribution in [3.63, 3.8) is 0 Å². The molecule has 0 saturated carbocycles. The maximum Gasteiger partial charge on any atom is 0.303 e. The summed E-state index contributed by atoms with van der Waals surface area (Å²) in [6.45, 7) is 1.04. The smallest absolute Gasteiger partial charge is 0.303 e. The number of phenols is 1. The summed E-state index contributed by atoms with van der Waals surface area (Å²) >= 11 is 0. The summed E-state index contributed by atoms with van der Waals surface area (Å²) in [4.78, 5) is 24.9. The molecule has 4 heterocycles. The van der Waals surface area contributed by atoms with Crippen LogP contribution in [0.4, 0.5) is 0 Å². The predicted molar refractivity (Wildman–Crippen MR) is 184 cm³/mol. The normalized spacial score (nSPS) is 36.2. The SMILES string of the molecule is COc1ccc(-c2cc(=O)c3c(O)cc(O[C@@H]4OC(CO[C@@H]5OC(CO)[C@@H](O)C(O)[C@@H]5O)[C@@H](O)C(O)[C@@H]4O[C@@H]4OC(C)[C@H](O)[C@H](OC(C)=O)C4O)cc3o2)cc1. The van der Waals surface area contributed by atoms with E-state index in [0.717, 1.165) is 13.0 Å². The van der Waals surface area contributed by atoms with Gasteiger partial charge in [-0.15, -0.1) is 0 Å². The maximum atomic E-state index is 13.1. The largest absolute Gasteiger partial charge is 0.507 e. The number of esters is 1. The third-order valence-electron chi connectivity index (χ3n) is 9.70. The summed E-state index contributed by atoms with van der Waals surface area (Å²) < 4.78 is 50.7. The minimum absolute atomic E-state index is 0.128. The molecule has 3 aromatic rings. The van der Waals surface area contributed by atoms with Crippen LogP contribution in [0.5, 0.6) is 17.2 Å². The highest BCUT2D eigenvalue weighted by Crippen LogP contribution is 2.36. The second kappa shape index (κ2) is 17.2. The van der Waals surface area contributed by atoms with Gasteiger partial charge in [-0.1, -0.05) is 0 Å². The number of fused-ring (bicyclic) bond motifs is 1. The molecule has 9 N–H and O–H groups in total. The third kappa shape index (κ3) is 8.48. The molecular weight excluding hydrogens is 752 g/mol. The molecule has 1 aromatic heterocycles. The molecule has 15 atom stereocenters. The molecule has 0 spiro atoms. The number of rotatable bonds is 11. The van der Waals surface area contributed by atoms with Crippen LogP contribution in [-0.2, 0) is 33.2 Å². The molecule has 3 aliphatic rings. The van der Waals surface area contributed by atoms with Gasteiger partial charge in [-0.25, -0.2) is 0 Å². The van der Waals surface area contributed by atoms with Crippen molar-refractivity contribution in [1.82, 2.24) is 0 Å². The van der Waals surface area contributed by atoms with Gasteiger partial charge >= 0.3 is 5.97 Å². The van der Waals surface area contributed by atoms with E-state index in [9.17, 15) is 55.5 Å². The van der Waals surface area contributed by atoms with E-state index in [1.165, 1.54) is 26.2 Å². The van der Waals surface area contributed by atoms with E-state index in [1.54, 1.807) is 24.3 Å². The van der Waals surface area contributed by atoms with E-state index in [4.69, 9.17) is 42.3 Å². The van der Waals surface area contributed by atoms with Crippen molar-refractivity contribution in [3.8, 4) is 28.6 Å². The van der Waals surface area contributed by atoms with Crippen LogP contribution in [-0.4, -0.2) is 164 Å². The van der Waals surface area contributed by atoms with Crippen molar-refractivity contribution in [2.24, 2.45) is 0 Å². The first-order valence-corrected chi connectivity index (χ1v) is 17.5. The predicted octanol–water partition coefficient (Wildman–Crippen LogP) is -2.40. The zero-order valence-electron chi connectivity index (χ0n) is 30.1. The van der Waals surface area contributed by atoms with Gasteiger partial charge in [-0.05, 0) is 31.2 Å². The molecule has 20 heteroatoms. The molecule has 6 rings (SSSR count). The van der Waals surface area contributed by atoms with Gasteiger partial charge in [-0.3, -0.25) is 9.59 Å². The number of hydrogen-bond donors (Lipinski definition) is 9. The Kier molecular flexibility index (Phi) is 12.8. The molecule has 3 aliphatic heterocycles. The van der Waals surface area contributed by atoms with Gasteiger partial charge in [0.25, 0.3) is 0 Å². The monoisotopic (exact) mass is 796 g/mol. The summed E-state index contributed by atoms with van der Waals surface area (Å²) in [5.74, 6) is -0.937. The Morgan fingerprint density at radius 1 is 0.750 bits per heavy atom. The highest BCUT2D eigenvalue weighted by Gasteiger charge is 2.53. The molecule has 0 bridgehead atoms. The van der Waals surface area contributed by atoms with E-state index in [2.05, 4.69) is 0 Å². The van der Waals surface area contributed by atoms with Crippen molar-refractivity contribution in [2.75, 3.05) is 20.3 Å². The maximum absolute atomic E-state index is 13.1. The molecule has 3 fully saturated rings. The average molecular weight is 797 g/mol. The molecule has 0 amide bonds. The second-order valence-electron chi connectivity index (χ2n) is 13.6. The van der Waals surface area contributed by atoms with Crippen molar-refractivity contribution >= 4 is 16.9 Å². The van der Waals surface area contributed by atoms with Crippen LogP contribution in [0.3, 0.4) is 0 Å². The number of aromatic hydroxyl groups is 1. The van der Waals surface area contributed by atoms with Gasteiger partial charge in [0.2, 0.25) is 6.29 Å². The Balaban J connectivity index is 1.31. The first-order valence-electron chi connectivity index (χ1n) is 17.5. The zero-order valence-corrected chi connectivity index (χ0v) is 30.1. The van der Waals surface area contributed by atoms with Crippen LogP contribution in [0.25, 0.3) is 22.3 Å². The fourth-order valence-electron chi connectivity index (χ4n) is 6.62. The zero-order chi connectivity index (χ0) is 40.6. The molecular formula is C36H44O20. The quantitative estimate of drug-likeness (QED) is 0.0914. The van der Waals surface area contributed by atoms with Crippen molar-refractivity contribution in [1.29, 1.82) is 0 Å². The van der Waals surface area contributed by atoms with Crippen LogP contribution in [0, 0.1) is 0 Å². The number of carbonyl (C=O) groups is 1. The lowest BCUT2D eigenvalue weighted by atomic mass is 9.97. The summed E-state index contributed by atoms with van der Waals surface area (Å²) in [6.07, 6.45) is -24.8. The van der Waals surface area contributed by atoms with Crippen LogP contribution in [0.1, 0.15) is 13.8 Å². The van der Waals surface area contributed by atoms with E-state index in [-0.39, 0.29) is 22.5 Å². The van der Waals surface area contributed by atoms with Crippen LogP contribution in [0.2, 0.25) is 0 Å². The minimum Gasteiger partial charge on any atom is -0.507 e. The van der Waals surface area contributed by atoms with Gasteiger partial charge < -0.3 is 88.3 Å². The fraction of sp³-hybridized carbons (Fsp3) is 0.556. The second-order valence-corrected chi connectivity index (χ2v) is 13.6. The molecule has 20 nitrogen and oxygen atoms in total. The number of aliphatic hydroxyl groups excluding tert-OH is 8. The average Bonchev–Trinajstić information content (AvgIpc) is 3.17. The molecule has 0 aliphatic carbocycles. The minimum atomic E-state index is -1.95. The number of phenolic OH excluding ortho intramolecular Hbond substituents is 1. The number of benzene rings is 2. The van der Waals surface area contributed by atoms with Gasteiger partial charge in [-0.2, -0.15) is 0 Å². The number of hydrogen-bond acceptors (Lipinski definition) is 20. The Morgan fingerprint density at radius 3 is 2.09 bits per heavy atom. The fourth-order valence-corrected chi connectivity index (χ4v) is 6.62. The lowest BCUT2D eigenvalue weighted by Gasteiger charge is -2.46. The third-order valence-corrected chi connectivity index (χ3v) is 9.70. The Morgan fingerprint density at radius 2 is 1.43 bits per heavy atom. The molecule has 2 aromatic carbocycles. The van der Waals surface area contributed by atoms with Gasteiger partial charge in [0, 0.05) is 30.7 Å². The highest BCUT2D eigenvalue weighted by molar-refractivity contribution is 5.86. The number of methoxy groups -OCH3 is 1. The van der Waals surface area contributed by atoms with E-state index in [0.29, 0.717) is 11.3 Å². The van der Waals surface area contributed by atoms with Crippen LogP contribution in [0.15, 0.2) is 51.7 Å². The van der Waals surface area contributed by atoms with Gasteiger partial charge in [0.1, 0.15) is 88.9 Å². The highest BCUT2D eigenvalue weighted by atomic mass is 16.8.